The maximum absolute atomic E-state index is 11.8. The molecule has 0 aliphatic heterocycles. The molecule has 1 heterocycles. The Kier molecular flexibility index (Phi) is 3.79. The van der Waals surface area contributed by atoms with Gasteiger partial charge in [0.15, 0.2) is 5.82 Å². The summed E-state index contributed by atoms with van der Waals surface area (Å²) in [7, 11) is 3.68. The van der Waals surface area contributed by atoms with Crippen LogP contribution in [0.15, 0.2) is 12.4 Å². The van der Waals surface area contributed by atoms with Gasteiger partial charge in [0.2, 0.25) is 5.78 Å². The van der Waals surface area contributed by atoms with Crippen LogP contribution >= 0.6 is 0 Å². The van der Waals surface area contributed by atoms with Crippen molar-refractivity contribution in [2.45, 2.75) is 13.0 Å². The average Bonchev–Trinajstić information content (AvgIpc) is 2.65. The van der Waals surface area contributed by atoms with Gasteiger partial charge in [0.05, 0.1) is 6.04 Å². The van der Waals surface area contributed by atoms with E-state index < -0.39 is 0 Å². The van der Waals surface area contributed by atoms with E-state index in [2.05, 4.69) is 15.4 Å². The van der Waals surface area contributed by atoms with Gasteiger partial charge >= 0.3 is 0 Å². The summed E-state index contributed by atoms with van der Waals surface area (Å²) in [6, 6.07) is -0.337. The largest absolute Gasteiger partial charge is 0.342 e. The summed E-state index contributed by atoms with van der Waals surface area (Å²) in [5.74, 6) is 0.314. The van der Waals surface area contributed by atoms with Crippen LogP contribution in [-0.4, -0.2) is 40.9 Å². The van der Waals surface area contributed by atoms with Crippen molar-refractivity contribution >= 4 is 5.78 Å². The first-order valence-corrected chi connectivity index (χ1v) is 4.41. The first kappa shape index (κ1) is 10.9. The molecule has 5 nitrogen and oxygen atoms in total. The van der Waals surface area contributed by atoms with Crippen LogP contribution in [-0.2, 0) is 0 Å². The molecule has 1 unspecified atom stereocenters. The lowest BCUT2D eigenvalue weighted by atomic mass is 10.1. The van der Waals surface area contributed by atoms with Crippen LogP contribution < -0.4 is 5.43 Å². The number of rotatable bonds is 5. The van der Waals surface area contributed by atoms with Crippen molar-refractivity contribution in [1.82, 2.24) is 20.4 Å². The SMILES string of the molecule is C[CH]C(NN(C)C)C(=O)c1ncc[nH]1. The lowest BCUT2D eigenvalue weighted by molar-refractivity contribution is 0.0904. The first-order valence-electron chi connectivity index (χ1n) is 4.41. The van der Waals surface area contributed by atoms with E-state index in [0.717, 1.165) is 0 Å². The summed E-state index contributed by atoms with van der Waals surface area (Å²) < 4.78 is 0. The molecule has 5 heteroatoms. The van der Waals surface area contributed by atoms with Crippen LogP contribution in [0.4, 0.5) is 0 Å². The van der Waals surface area contributed by atoms with Crippen molar-refractivity contribution in [2.75, 3.05) is 14.1 Å². The van der Waals surface area contributed by atoms with Crippen LogP contribution in [0.3, 0.4) is 0 Å². The van der Waals surface area contributed by atoms with Crippen LogP contribution in [0.2, 0.25) is 0 Å². The van der Waals surface area contributed by atoms with Crippen LogP contribution in [0.25, 0.3) is 0 Å². The van der Waals surface area contributed by atoms with Crippen molar-refractivity contribution in [3.05, 3.63) is 24.6 Å². The second-order valence-corrected chi connectivity index (χ2v) is 3.14. The molecule has 1 radical (unpaired) electrons. The minimum absolute atomic E-state index is 0.0637. The van der Waals surface area contributed by atoms with E-state index in [4.69, 9.17) is 0 Å². The fraction of sp³-hybridized carbons (Fsp3) is 0.444. The minimum atomic E-state index is -0.337. The van der Waals surface area contributed by atoms with Gasteiger partial charge in [-0.1, -0.05) is 6.92 Å². The molecule has 0 aliphatic carbocycles. The van der Waals surface area contributed by atoms with Crippen molar-refractivity contribution in [3.8, 4) is 0 Å². The van der Waals surface area contributed by atoms with Gasteiger partial charge in [-0.3, -0.25) is 4.79 Å². The summed E-state index contributed by atoms with van der Waals surface area (Å²) in [5.41, 5.74) is 2.99. The summed E-state index contributed by atoms with van der Waals surface area (Å²) in [5, 5.41) is 1.74. The fourth-order valence-corrected chi connectivity index (χ4v) is 1.11. The highest BCUT2D eigenvalue weighted by Crippen LogP contribution is 2.00. The molecular formula is C9H15N4O. The van der Waals surface area contributed by atoms with Crippen LogP contribution in [0.1, 0.15) is 17.5 Å². The Labute approximate surface area is 83.5 Å². The zero-order chi connectivity index (χ0) is 10.6. The standard InChI is InChI=1S/C9H15N4O/c1-4-7(12-13(2)3)8(14)9-10-5-6-11-9/h4-7,12H,1-3H3,(H,10,11). The predicted octanol–water partition coefficient (Wildman–Crippen LogP) is 0.251. The van der Waals surface area contributed by atoms with Crippen LogP contribution in [0, 0.1) is 6.42 Å². The monoisotopic (exact) mass is 195 g/mol. The number of nitrogens with one attached hydrogen (secondary N) is 2. The molecule has 0 spiro atoms. The van der Waals surface area contributed by atoms with Gasteiger partial charge < -0.3 is 4.98 Å². The van der Waals surface area contributed by atoms with Gasteiger partial charge in [-0.25, -0.2) is 15.4 Å². The van der Waals surface area contributed by atoms with E-state index in [1.165, 1.54) is 0 Å². The molecule has 1 aromatic rings. The quantitative estimate of drug-likeness (QED) is 0.522. The molecule has 1 aromatic heterocycles. The number of ketones is 1. The van der Waals surface area contributed by atoms with E-state index in [1.807, 2.05) is 21.0 Å². The molecule has 2 N–H and O–H groups in total. The van der Waals surface area contributed by atoms with E-state index >= 15 is 0 Å². The van der Waals surface area contributed by atoms with Gasteiger partial charge in [-0.15, -0.1) is 0 Å². The van der Waals surface area contributed by atoms with Crippen molar-refractivity contribution in [1.29, 1.82) is 0 Å². The third kappa shape index (κ3) is 2.65. The Bertz CT molecular complexity index is 281. The van der Waals surface area contributed by atoms with Gasteiger partial charge in [0.1, 0.15) is 0 Å². The van der Waals surface area contributed by atoms with E-state index in [-0.39, 0.29) is 11.8 Å². The maximum Gasteiger partial charge on any atom is 0.216 e. The number of aromatic nitrogens is 2. The Morgan fingerprint density at radius 3 is 2.86 bits per heavy atom. The lowest BCUT2D eigenvalue weighted by Gasteiger charge is -2.19. The summed E-state index contributed by atoms with van der Waals surface area (Å²) >= 11 is 0. The molecule has 0 amide bonds. The third-order valence-electron chi connectivity index (χ3n) is 1.74. The molecular weight excluding hydrogens is 180 g/mol. The normalized spacial score (nSPS) is 13.1. The molecule has 0 aromatic carbocycles. The molecule has 0 saturated carbocycles. The van der Waals surface area contributed by atoms with Crippen molar-refractivity contribution < 1.29 is 4.79 Å². The summed E-state index contributed by atoms with van der Waals surface area (Å²) in [4.78, 5) is 18.5. The Hall–Kier alpha value is -1.20. The summed E-state index contributed by atoms with van der Waals surface area (Å²) in [6.07, 6.45) is 5.00. The third-order valence-corrected chi connectivity index (χ3v) is 1.74. The van der Waals surface area contributed by atoms with Crippen molar-refractivity contribution in [3.63, 3.8) is 0 Å². The van der Waals surface area contributed by atoms with E-state index in [1.54, 1.807) is 23.8 Å². The van der Waals surface area contributed by atoms with E-state index in [9.17, 15) is 4.79 Å². The molecule has 0 aliphatic rings. The smallest absolute Gasteiger partial charge is 0.216 e. The summed E-state index contributed by atoms with van der Waals surface area (Å²) in [6.45, 7) is 1.84. The number of imidazole rings is 1. The number of nitrogens with zero attached hydrogens (tertiary/aromatic N) is 2. The number of hydrogen-bond donors (Lipinski definition) is 2. The Morgan fingerprint density at radius 2 is 2.43 bits per heavy atom. The molecule has 0 bridgehead atoms. The topological polar surface area (TPSA) is 61.0 Å². The van der Waals surface area contributed by atoms with E-state index in [0.29, 0.717) is 5.82 Å². The molecule has 77 valence electrons. The highest BCUT2D eigenvalue weighted by atomic mass is 16.1. The Balaban J connectivity index is 2.66. The molecule has 0 saturated heterocycles. The number of hydrazine groups is 1. The van der Waals surface area contributed by atoms with Gasteiger partial charge in [0, 0.05) is 26.5 Å². The minimum Gasteiger partial charge on any atom is -0.342 e. The average molecular weight is 195 g/mol. The van der Waals surface area contributed by atoms with Gasteiger partial charge in [0.25, 0.3) is 0 Å². The highest BCUT2D eigenvalue weighted by Gasteiger charge is 2.20. The van der Waals surface area contributed by atoms with Crippen LogP contribution in [0.5, 0.6) is 0 Å². The predicted molar refractivity (Wildman–Crippen MR) is 53.5 cm³/mol. The number of carbonyl (C=O) groups excluding carboxylic acids is 1. The second-order valence-electron chi connectivity index (χ2n) is 3.14. The Morgan fingerprint density at radius 1 is 1.71 bits per heavy atom. The number of H-pyrrole nitrogens is 1. The molecule has 1 rings (SSSR count). The maximum atomic E-state index is 11.8. The lowest BCUT2D eigenvalue weighted by Crippen LogP contribution is -2.44. The second kappa shape index (κ2) is 4.88. The highest BCUT2D eigenvalue weighted by molar-refractivity contribution is 5.97. The molecule has 1 atom stereocenters. The number of aromatic amines is 1. The van der Waals surface area contributed by atoms with Gasteiger partial charge in [-0.2, -0.15) is 0 Å². The molecule has 14 heavy (non-hydrogen) atoms. The first-order chi connectivity index (χ1) is 6.65. The van der Waals surface area contributed by atoms with Crippen molar-refractivity contribution in [2.24, 2.45) is 0 Å². The number of Topliss-reactive ketones (excluding diaryl/α,β-unsaturated/α-hetero) is 1. The number of carbonyl (C=O) groups is 1. The number of hydrogen-bond acceptors (Lipinski definition) is 4. The zero-order valence-corrected chi connectivity index (χ0v) is 8.61. The van der Waals surface area contributed by atoms with Gasteiger partial charge in [-0.05, 0) is 6.42 Å². The zero-order valence-electron chi connectivity index (χ0n) is 8.61. The fourth-order valence-electron chi connectivity index (χ4n) is 1.11. The molecule has 0 fully saturated rings.